The van der Waals surface area contributed by atoms with Crippen molar-refractivity contribution in [1.29, 1.82) is 0 Å². The minimum Gasteiger partial charge on any atom is -0.450 e. The lowest BCUT2D eigenvalue weighted by Gasteiger charge is -2.42. The number of carbonyl (C=O) groups is 9. The zero-order chi connectivity index (χ0) is 75.7. The van der Waals surface area contributed by atoms with Crippen LogP contribution in [-0.4, -0.2) is 290 Å². The Morgan fingerprint density at radius 3 is 0.796 bits per heavy atom. The number of amides is 9. The second-order valence-corrected chi connectivity index (χ2v) is 26.0. The summed E-state index contributed by atoms with van der Waals surface area (Å²) in [4.78, 5) is 110. The van der Waals surface area contributed by atoms with E-state index in [9.17, 15) is 89.1 Å². The molecule has 18 N–H and O–H groups in total. The van der Waals surface area contributed by atoms with Crippen molar-refractivity contribution >= 4 is 53.7 Å². The molecule has 0 aromatic carbocycles. The predicted octanol–water partition coefficient (Wildman–Crippen LogP) is -1.63. The molecule has 36 heteroatoms. The second-order valence-electron chi connectivity index (χ2n) is 26.0. The number of rotatable bonds is 54. The lowest BCUT2D eigenvalue weighted by molar-refractivity contribution is -0.270. The molecule has 9 amide bonds. The van der Waals surface area contributed by atoms with E-state index in [1.807, 2.05) is 0 Å². The summed E-state index contributed by atoms with van der Waals surface area (Å²) in [6, 6.07) is -3.21. The number of hydrogen-bond donors (Lipinski definition) is 18. The first-order valence-electron chi connectivity index (χ1n) is 36.5. The number of nitrogens with one attached hydrogen (secondary N) is 9. The molecule has 0 saturated carbocycles. The maximum absolute atomic E-state index is 12.5. The Kier molecular flexibility index (Phi) is 48.4. The molecule has 3 heterocycles. The van der Waals surface area contributed by atoms with Crippen LogP contribution in [0.1, 0.15) is 175 Å². The number of alkyl carbamates (subject to hydrolysis) is 3. The van der Waals surface area contributed by atoms with E-state index in [2.05, 4.69) is 47.9 Å². The lowest BCUT2D eigenvalue weighted by atomic mass is 9.93. The monoisotopic (exact) mass is 1480 g/mol. The van der Waals surface area contributed by atoms with Crippen molar-refractivity contribution in [3.63, 3.8) is 0 Å². The van der Waals surface area contributed by atoms with Crippen LogP contribution in [0.25, 0.3) is 0 Å². The number of hydrogen-bond acceptors (Lipinski definition) is 27. The van der Waals surface area contributed by atoms with Gasteiger partial charge in [0.05, 0.1) is 59.5 Å². The molecule has 0 spiro atoms. The number of ether oxygens (including phenoxy) is 9. The van der Waals surface area contributed by atoms with E-state index in [0.717, 1.165) is 57.8 Å². The summed E-state index contributed by atoms with van der Waals surface area (Å²) < 4.78 is 49.9. The normalized spacial score (nSPS) is 24.9. The largest absolute Gasteiger partial charge is 0.450 e. The summed E-state index contributed by atoms with van der Waals surface area (Å²) in [6.45, 7) is 5.30. The average Bonchev–Trinajstić information content (AvgIpc) is 0.825. The van der Waals surface area contributed by atoms with Gasteiger partial charge < -0.3 is 136 Å². The first kappa shape index (κ1) is 91.2. The van der Waals surface area contributed by atoms with Gasteiger partial charge >= 0.3 is 18.3 Å². The first-order chi connectivity index (χ1) is 49.5. The zero-order valence-electron chi connectivity index (χ0n) is 60.2. The second kappa shape index (κ2) is 54.6. The molecular weight excluding hydrogens is 1360 g/mol. The fourth-order valence-electron chi connectivity index (χ4n) is 11.7. The molecule has 3 saturated heterocycles. The van der Waals surface area contributed by atoms with Gasteiger partial charge in [-0.15, -0.1) is 0 Å². The maximum atomic E-state index is 12.5. The molecule has 103 heavy (non-hydrogen) atoms. The van der Waals surface area contributed by atoms with Gasteiger partial charge in [0, 0.05) is 79.3 Å². The number of aliphatic hydroxyl groups is 9. The maximum Gasteiger partial charge on any atom is 0.407 e. The number of unbranched alkanes of at least 4 members (excludes halogenated alkanes) is 9. The topological polar surface area (TPSA) is 527 Å². The minimum atomic E-state index is -1.43. The highest BCUT2D eigenvalue weighted by molar-refractivity contribution is 5.77. The summed E-state index contributed by atoms with van der Waals surface area (Å²) in [5.74, 6) is -1.84. The molecule has 3 aliphatic heterocycles. The summed E-state index contributed by atoms with van der Waals surface area (Å²) >= 11 is 0. The molecular formula is C67H121N9O27. The Balaban J connectivity index is 1.28. The lowest BCUT2D eigenvalue weighted by Crippen LogP contribution is -2.64. The Morgan fingerprint density at radius 1 is 0.320 bits per heavy atom. The van der Waals surface area contributed by atoms with Gasteiger partial charge in [0.1, 0.15) is 73.1 Å². The zero-order valence-corrected chi connectivity index (χ0v) is 60.2. The van der Waals surface area contributed by atoms with Crippen LogP contribution in [0.2, 0.25) is 0 Å². The smallest absolute Gasteiger partial charge is 0.407 e. The first-order valence-corrected chi connectivity index (χ1v) is 36.5. The third kappa shape index (κ3) is 39.3. The Hall–Kier alpha value is -5.97. The van der Waals surface area contributed by atoms with E-state index in [0.29, 0.717) is 116 Å². The quantitative estimate of drug-likeness (QED) is 0.0240. The predicted molar refractivity (Wildman–Crippen MR) is 365 cm³/mol. The highest BCUT2D eigenvalue weighted by Gasteiger charge is 2.48. The van der Waals surface area contributed by atoms with E-state index in [1.165, 1.54) is 20.8 Å². The highest BCUT2D eigenvalue weighted by atomic mass is 16.7. The van der Waals surface area contributed by atoms with Crippen LogP contribution >= 0.6 is 0 Å². The van der Waals surface area contributed by atoms with Crippen molar-refractivity contribution in [2.75, 3.05) is 98.7 Å². The van der Waals surface area contributed by atoms with Crippen LogP contribution in [0.15, 0.2) is 0 Å². The van der Waals surface area contributed by atoms with Gasteiger partial charge in [-0.05, 0) is 102 Å². The van der Waals surface area contributed by atoms with E-state index in [4.69, 9.17) is 42.6 Å². The van der Waals surface area contributed by atoms with Crippen molar-refractivity contribution in [3.05, 3.63) is 0 Å². The highest BCUT2D eigenvalue weighted by Crippen LogP contribution is 2.26. The molecule has 0 radical (unpaired) electrons. The van der Waals surface area contributed by atoms with Crippen LogP contribution in [0.5, 0.6) is 0 Å². The van der Waals surface area contributed by atoms with Crippen molar-refractivity contribution in [3.8, 4) is 0 Å². The van der Waals surface area contributed by atoms with Gasteiger partial charge in [0.25, 0.3) is 0 Å². The Labute approximate surface area is 602 Å². The molecule has 0 aromatic heterocycles. The number of aliphatic hydroxyl groups excluding tert-OH is 9. The van der Waals surface area contributed by atoms with Crippen molar-refractivity contribution in [1.82, 2.24) is 47.9 Å². The van der Waals surface area contributed by atoms with Gasteiger partial charge in [-0.3, -0.25) is 28.8 Å². The fourth-order valence-corrected chi connectivity index (χ4v) is 11.7. The average molecular weight is 1480 g/mol. The molecule has 3 rings (SSSR count). The summed E-state index contributed by atoms with van der Waals surface area (Å²) in [5, 5.41) is 115. The third-order valence-electron chi connectivity index (χ3n) is 17.3. The van der Waals surface area contributed by atoms with Gasteiger partial charge in [-0.1, -0.05) is 38.5 Å². The molecule has 596 valence electrons. The van der Waals surface area contributed by atoms with Crippen molar-refractivity contribution < 1.29 is 132 Å². The van der Waals surface area contributed by atoms with Crippen LogP contribution in [-0.2, 0) is 71.4 Å². The molecule has 0 aromatic rings. The van der Waals surface area contributed by atoms with Gasteiger partial charge in [0.15, 0.2) is 18.9 Å². The summed E-state index contributed by atoms with van der Waals surface area (Å²) in [5.41, 5.74) is 0. The molecule has 0 bridgehead atoms. The molecule has 0 aliphatic carbocycles. The van der Waals surface area contributed by atoms with Crippen LogP contribution in [0.4, 0.5) is 14.4 Å². The van der Waals surface area contributed by atoms with Crippen molar-refractivity contribution in [2.45, 2.75) is 267 Å². The molecule has 15 atom stereocenters. The Bertz CT molecular complexity index is 2160. The fraction of sp³-hybridized carbons (Fsp3) is 0.866. The van der Waals surface area contributed by atoms with Gasteiger partial charge in [-0.25, -0.2) is 14.4 Å². The van der Waals surface area contributed by atoms with E-state index in [-0.39, 0.29) is 82.5 Å². The third-order valence-corrected chi connectivity index (χ3v) is 17.3. The van der Waals surface area contributed by atoms with Gasteiger partial charge in [0.2, 0.25) is 35.4 Å². The summed E-state index contributed by atoms with van der Waals surface area (Å²) in [7, 11) is 0. The van der Waals surface area contributed by atoms with Crippen LogP contribution in [0, 0.1) is 5.92 Å². The molecule has 36 nitrogen and oxygen atoms in total. The molecule has 3 fully saturated rings. The number of carbonyl (C=O) groups excluding carboxylic acids is 9. The SMILES string of the molecule is CC(=O)NC1C(OCCCC(=O)NCCCCCCNC(=O)OCCCC(CCCOC(=O)NCCCCCCNC(=O)CCCOC2OC(CO)C(O)C(O)C2NC(C)=O)CCCOC(=O)NCCCCCCNC(=O)CCCOC2OC(CO)C(O)C(O)C2NC(C)=O)OC(CO)C(O)C1O. The molecule has 15 unspecified atom stereocenters. The van der Waals surface area contributed by atoms with E-state index < -0.39 is 148 Å². The molecule has 3 aliphatic rings. The van der Waals surface area contributed by atoms with E-state index >= 15 is 0 Å². The van der Waals surface area contributed by atoms with Crippen molar-refractivity contribution in [2.24, 2.45) is 5.92 Å². The summed E-state index contributed by atoms with van der Waals surface area (Å²) in [6.07, 6.45) is -2.68. The van der Waals surface area contributed by atoms with Gasteiger partial charge in [-0.2, -0.15) is 0 Å². The van der Waals surface area contributed by atoms with E-state index in [1.54, 1.807) is 0 Å². The minimum absolute atomic E-state index is 0.0563. The van der Waals surface area contributed by atoms with Crippen LogP contribution < -0.4 is 47.9 Å². The standard InChI is InChI=1S/C67H121N9O27/c1-43(80)74-53-59(89)56(86)47(40-77)101-62(53)95-34-19-25-50(83)68-28-10-4-7-13-31-71-65(92)98-37-16-22-46(23-17-38-99-66(93)72-32-14-8-5-11-29-69-51(84)26-20-35-96-63-54(75-44(2)81)60(90)57(87)48(41-78)102-63)24-18-39-100-67(94)73-33-15-9-6-12-30-70-52(85)27-21-36-97-64-55(76-45(3)82)61(91)58(88)49(42-79)103-64/h46-49,53-64,77-79,86-91H,4-42H2,1-3H3,(H,68,83)(H,69,84)(H,70,85)(H,71,92)(H,72,93)(H,73,94)(H,74,80)(H,75,81)(H,76,82). The van der Waals surface area contributed by atoms with Crippen LogP contribution in [0.3, 0.4) is 0 Å². The Morgan fingerprint density at radius 2 is 0.563 bits per heavy atom.